The molecule has 0 saturated heterocycles. The molecule has 2 heterocycles. The third-order valence-corrected chi connectivity index (χ3v) is 7.11. The summed E-state index contributed by atoms with van der Waals surface area (Å²) in [7, 11) is 0. The van der Waals surface area contributed by atoms with Crippen molar-refractivity contribution in [2.45, 2.75) is 31.8 Å². The predicted octanol–water partition coefficient (Wildman–Crippen LogP) is 4.81. The van der Waals surface area contributed by atoms with E-state index in [0.717, 1.165) is 20.9 Å². The van der Waals surface area contributed by atoms with E-state index in [1.807, 2.05) is 60.7 Å². The molecule has 198 valence electrons. The molecular weight excluding hydrogens is 524 g/mol. The van der Waals surface area contributed by atoms with Crippen molar-refractivity contribution in [3.8, 4) is 0 Å². The molecule has 4 aromatic rings. The summed E-state index contributed by atoms with van der Waals surface area (Å²) < 4.78 is 11.1. The summed E-state index contributed by atoms with van der Waals surface area (Å²) in [6.45, 7) is 0.191. The van der Waals surface area contributed by atoms with E-state index in [1.54, 1.807) is 23.4 Å². The number of hydrogen-bond acceptors (Lipinski definition) is 9. The molecule has 2 atom stereocenters. The number of ether oxygens (including phenoxy) is 2. The first-order valence-electron chi connectivity index (χ1n) is 11.9. The molecule has 2 aromatic heterocycles. The highest BCUT2D eigenvalue weighted by molar-refractivity contribution is 7.09. The molecule has 2 amide bonds. The van der Waals surface area contributed by atoms with Gasteiger partial charge in [-0.3, -0.25) is 9.97 Å². The van der Waals surface area contributed by atoms with E-state index in [9.17, 15) is 14.7 Å². The van der Waals surface area contributed by atoms with Gasteiger partial charge in [0.15, 0.2) is 0 Å². The zero-order valence-corrected chi connectivity index (χ0v) is 22.1. The summed E-state index contributed by atoms with van der Waals surface area (Å²) in [6, 6.07) is 19.1. The smallest absolute Gasteiger partial charge is 0.410 e. The Balaban J connectivity index is 1.32. The van der Waals surface area contributed by atoms with Crippen molar-refractivity contribution in [1.29, 1.82) is 0 Å². The molecule has 0 fully saturated rings. The number of rotatable bonds is 12. The molecule has 0 aliphatic heterocycles. The number of aromatic nitrogens is 2. The van der Waals surface area contributed by atoms with Crippen LogP contribution < -0.4 is 5.32 Å². The standard InChI is InChI=1S/C27H28N4O5S2/c32-22(12-30-26(33)36-24(25-14-29-19-38-25)11-20-7-3-1-4-8-20)16-31(15-21-9-5-2-6-10-21)27(34)35-17-23-13-28-18-37-23/h1-10,13-14,18-19,22,24,32H,11-12,15-17H2,(H,30,33). The van der Waals surface area contributed by atoms with Crippen LogP contribution in [0.4, 0.5) is 9.59 Å². The number of thiazole rings is 2. The molecule has 0 aliphatic rings. The molecule has 0 saturated carbocycles. The first-order valence-corrected chi connectivity index (χ1v) is 13.7. The van der Waals surface area contributed by atoms with E-state index < -0.39 is 24.4 Å². The van der Waals surface area contributed by atoms with Crippen molar-refractivity contribution >= 4 is 34.9 Å². The Morgan fingerprint density at radius 2 is 1.63 bits per heavy atom. The van der Waals surface area contributed by atoms with Gasteiger partial charge in [-0.05, 0) is 11.1 Å². The van der Waals surface area contributed by atoms with Crippen molar-refractivity contribution < 1.29 is 24.2 Å². The van der Waals surface area contributed by atoms with Gasteiger partial charge in [0.25, 0.3) is 0 Å². The van der Waals surface area contributed by atoms with E-state index in [4.69, 9.17) is 9.47 Å². The van der Waals surface area contributed by atoms with Crippen LogP contribution in [0.25, 0.3) is 0 Å². The van der Waals surface area contributed by atoms with Gasteiger partial charge in [-0.25, -0.2) is 9.59 Å². The van der Waals surface area contributed by atoms with Crippen LogP contribution in [0.5, 0.6) is 0 Å². The molecule has 2 unspecified atom stereocenters. The Morgan fingerprint density at radius 3 is 2.29 bits per heavy atom. The van der Waals surface area contributed by atoms with Gasteiger partial charge in [0.1, 0.15) is 12.7 Å². The Hall–Kier alpha value is -3.80. The largest absolute Gasteiger partial charge is 0.444 e. The highest BCUT2D eigenvalue weighted by Crippen LogP contribution is 2.25. The topological polar surface area (TPSA) is 114 Å². The summed E-state index contributed by atoms with van der Waals surface area (Å²) in [5.74, 6) is 0. The molecule has 2 N–H and O–H groups in total. The highest BCUT2D eigenvalue weighted by atomic mass is 32.1. The van der Waals surface area contributed by atoms with Crippen LogP contribution in [-0.4, -0.2) is 51.4 Å². The van der Waals surface area contributed by atoms with Crippen LogP contribution in [0.2, 0.25) is 0 Å². The lowest BCUT2D eigenvalue weighted by molar-refractivity contribution is 0.0625. The summed E-state index contributed by atoms with van der Waals surface area (Å²) in [5.41, 5.74) is 5.26. The average Bonchev–Trinajstić information content (AvgIpc) is 3.66. The first-order chi connectivity index (χ1) is 18.6. The van der Waals surface area contributed by atoms with Crippen LogP contribution in [0.1, 0.15) is 27.0 Å². The van der Waals surface area contributed by atoms with E-state index in [-0.39, 0.29) is 26.2 Å². The third-order valence-electron chi connectivity index (χ3n) is 5.49. The second-order valence-corrected chi connectivity index (χ2v) is 10.3. The maximum absolute atomic E-state index is 12.8. The van der Waals surface area contributed by atoms with Crippen LogP contribution in [0, 0.1) is 0 Å². The van der Waals surface area contributed by atoms with E-state index >= 15 is 0 Å². The number of aliphatic hydroxyl groups is 1. The number of hydrogen-bond donors (Lipinski definition) is 2. The number of nitrogens with one attached hydrogen (secondary N) is 1. The Kier molecular flexibility index (Phi) is 10.2. The summed E-state index contributed by atoms with van der Waals surface area (Å²) >= 11 is 2.79. The second-order valence-electron chi connectivity index (χ2n) is 8.41. The number of carbonyl (C=O) groups excluding carboxylic acids is 2. The van der Waals surface area contributed by atoms with E-state index in [1.165, 1.54) is 27.6 Å². The zero-order valence-electron chi connectivity index (χ0n) is 20.5. The Morgan fingerprint density at radius 1 is 0.947 bits per heavy atom. The summed E-state index contributed by atoms with van der Waals surface area (Å²) in [4.78, 5) is 36.6. The van der Waals surface area contributed by atoms with Crippen LogP contribution >= 0.6 is 22.7 Å². The number of alkyl carbamates (subject to hydrolysis) is 1. The Bertz CT molecular complexity index is 1240. The minimum Gasteiger partial charge on any atom is -0.444 e. The number of amides is 2. The lowest BCUT2D eigenvalue weighted by Gasteiger charge is -2.25. The number of benzene rings is 2. The van der Waals surface area contributed by atoms with Crippen molar-refractivity contribution in [1.82, 2.24) is 20.2 Å². The SMILES string of the molecule is O=C(NCC(O)CN(Cc1ccccc1)C(=O)OCc1cncs1)OC(Cc1ccccc1)c1cncs1. The molecule has 38 heavy (non-hydrogen) atoms. The van der Waals surface area contributed by atoms with Crippen LogP contribution in [-0.2, 0) is 29.0 Å². The van der Waals surface area contributed by atoms with Gasteiger partial charge in [-0.1, -0.05) is 60.7 Å². The minimum absolute atomic E-state index is 0.0427. The van der Waals surface area contributed by atoms with Crippen molar-refractivity contribution in [3.63, 3.8) is 0 Å². The fourth-order valence-electron chi connectivity index (χ4n) is 3.65. The van der Waals surface area contributed by atoms with Crippen molar-refractivity contribution in [2.75, 3.05) is 13.1 Å². The first kappa shape index (κ1) is 27.2. The van der Waals surface area contributed by atoms with Gasteiger partial charge in [-0.15, -0.1) is 22.7 Å². The number of aliphatic hydroxyl groups excluding tert-OH is 1. The fraction of sp³-hybridized carbons (Fsp3) is 0.259. The number of nitrogens with zero attached hydrogens (tertiary/aromatic N) is 3. The fourth-order valence-corrected chi connectivity index (χ4v) is 4.80. The Labute approximate surface area is 228 Å². The van der Waals surface area contributed by atoms with Gasteiger partial charge in [0.05, 0.1) is 33.4 Å². The molecule has 2 aromatic carbocycles. The molecule has 11 heteroatoms. The predicted molar refractivity (Wildman–Crippen MR) is 145 cm³/mol. The lowest BCUT2D eigenvalue weighted by Crippen LogP contribution is -2.42. The third kappa shape index (κ3) is 8.65. The zero-order chi connectivity index (χ0) is 26.6. The summed E-state index contributed by atoms with van der Waals surface area (Å²) in [6.07, 6.45) is 1.02. The molecule has 0 aliphatic carbocycles. The maximum Gasteiger partial charge on any atom is 0.410 e. The van der Waals surface area contributed by atoms with Crippen molar-refractivity contribution in [3.05, 3.63) is 105 Å². The second kappa shape index (κ2) is 14.2. The van der Waals surface area contributed by atoms with Crippen molar-refractivity contribution in [2.24, 2.45) is 0 Å². The average molecular weight is 553 g/mol. The molecule has 0 radical (unpaired) electrons. The number of carbonyl (C=O) groups is 2. The van der Waals surface area contributed by atoms with Gasteiger partial charge < -0.3 is 24.8 Å². The van der Waals surface area contributed by atoms with Gasteiger partial charge in [-0.2, -0.15) is 0 Å². The quantitative estimate of drug-likeness (QED) is 0.259. The molecular formula is C27H28N4O5S2. The van der Waals surface area contributed by atoms with E-state index in [0.29, 0.717) is 6.42 Å². The highest BCUT2D eigenvalue weighted by Gasteiger charge is 2.22. The van der Waals surface area contributed by atoms with Crippen LogP contribution in [0.15, 0.2) is 84.1 Å². The maximum atomic E-state index is 12.8. The lowest BCUT2D eigenvalue weighted by atomic mass is 10.1. The van der Waals surface area contributed by atoms with E-state index in [2.05, 4.69) is 15.3 Å². The molecule has 0 bridgehead atoms. The minimum atomic E-state index is -1.04. The van der Waals surface area contributed by atoms with Gasteiger partial charge >= 0.3 is 12.2 Å². The van der Waals surface area contributed by atoms with Gasteiger partial charge in [0, 0.05) is 31.9 Å². The molecule has 4 rings (SSSR count). The van der Waals surface area contributed by atoms with Crippen LogP contribution in [0.3, 0.4) is 0 Å². The monoisotopic (exact) mass is 552 g/mol. The molecule has 0 spiro atoms. The summed E-state index contributed by atoms with van der Waals surface area (Å²) in [5, 5.41) is 13.3. The normalized spacial score (nSPS) is 12.3. The molecule has 9 nitrogen and oxygen atoms in total. The van der Waals surface area contributed by atoms with Gasteiger partial charge in [0.2, 0.25) is 0 Å².